The molecule has 2 aromatic heterocycles. The highest BCUT2D eigenvalue weighted by molar-refractivity contribution is 5.79. The quantitative estimate of drug-likeness (QED) is 0.269. The smallest absolute Gasteiger partial charge is 0.310 e. The van der Waals surface area contributed by atoms with Gasteiger partial charge in [-0.05, 0) is 37.6 Å². The number of aromatic nitrogens is 3. The highest BCUT2D eigenvalue weighted by Gasteiger charge is 2.16. The zero-order valence-electron chi connectivity index (χ0n) is 23.1. The maximum absolute atomic E-state index is 12.5. The number of likely N-dealkylation sites (N-methyl/N-ethyl adjacent to an activating group) is 1. The minimum Gasteiger partial charge on any atom is -0.496 e. The molecule has 9 heteroatoms. The van der Waals surface area contributed by atoms with E-state index in [1.165, 1.54) is 19.3 Å². The molecule has 1 aromatic carbocycles. The van der Waals surface area contributed by atoms with Gasteiger partial charge in [-0.15, -0.1) is 0 Å². The second kappa shape index (κ2) is 13.6. The van der Waals surface area contributed by atoms with E-state index in [1.54, 1.807) is 7.11 Å². The molecule has 1 fully saturated rings. The molecule has 1 saturated heterocycles. The van der Waals surface area contributed by atoms with Crippen molar-refractivity contribution < 1.29 is 14.3 Å². The van der Waals surface area contributed by atoms with E-state index >= 15 is 0 Å². The Morgan fingerprint density at radius 3 is 2.66 bits per heavy atom. The van der Waals surface area contributed by atoms with Crippen molar-refractivity contribution in [2.45, 2.75) is 52.0 Å². The number of piperazine rings is 1. The fourth-order valence-corrected chi connectivity index (χ4v) is 5.02. The van der Waals surface area contributed by atoms with Crippen LogP contribution in [0.5, 0.6) is 5.75 Å². The number of nitrogens with two attached hydrogens (primary N) is 1. The van der Waals surface area contributed by atoms with Crippen LogP contribution in [0.1, 0.15) is 49.4 Å². The standard InChI is InChI=1S/C29H42N6O3/c1-4-5-6-7-8-24-28-25(32-29(30)31-24)11-12-35(28)21-23-10-9-22(19-26(23)37-3)20-27(36)38-18-17-34-15-13-33(2)14-16-34/h9-12,19H,4-8,13-18,20-21H2,1-3H3,(H2,30,31,32). The number of nitrogen functional groups attached to an aromatic ring is 1. The largest absolute Gasteiger partial charge is 0.496 e. The van der Waals surface area contributed by atoms with Crippen molar-refractivity contribution >= 4 is 23.0 Å². The number of rotatable bonds is 13. The first-order valence-electron chi connectivity index (χ1n) is 13.8. The number of methoxy groups -OCH3 is 1. The Labute approximate surface area is 225 Å². The van der Waals surface area contributed by atoms with Crippen LogP contribution in [0.2, 0.25) is 0 Å². The summed E-state index contributed by atoms with van der Waals surface area (Å²) in [5, 5.41) is 0. The van der Waals surface area contributed by atoms with Crippen LogP contribution in [0.3, 0.4) is 0 Å². The lowest BCUT2D eigenvalue weighted by molar-refractivity contribution is -0.143. The fraction of sp³-hybridized carbons (Fsp3) is 0.552. The molecular formula is C29H42N6O3. The first-order valence-corrected chi connectivity index (χ1v) is 13.8. The molecule has 0 spiro atoms. The van der Waals surface area contributed by atoms with Crippen LogP contribution in [0, 0.1) is 0 Å². The molecule has 2 N–H and O–H groups in total. The molecule has 4 rings (SSSR count). The van der Waals surface area contributed by atoms with Gasteiger partial charge < -0.3 is 24.7 Å². The molecule has 1 aliphatic heterocycles. The van der Waals surface area contributed by atoms with Gasteiger partial charge in [-0.2, -0.15) is 0 Å². The maximum Gasteiger partial charge on any atom is 0.310 e. The van der Waals surface area contributed by atoms with Gasteiger partial charge in [-0.3, -0.25) is 9.69 Å². The summed E-state index contributed by atoms with van der Waals surface area (Å²) < 4.78 is 13.4. The highest BCUT2D eigenvalue weighted by atomic mass is 16.5. The van der Waals surface area contributed by atoms with Crippen LogP contribution >= 0.6 is 0 Å². The molecular weight excluding hydrogens is 480 g/mol. The molecule has 3 heterocycles. The molecule has 0 radical (unpaired) electrons. The van der Waals surface area contributed by atoms with Crippen molar-refractivity contribution in [3.8, 4) is 5.75 Å². The molecule has 0 unspecified atom stereocenters. The van der Waals surface area contributed by atoms with Gasteiger partial charge in [-0.25, -0.2) is 9.97 Å². The number of benzene rings is 1. The van der Waals surface area contributed by atoms with Crippen LogP contribution < -0.4 is 10.5 Å². The molecule has 38 heavy (non-hydrogen) atoms. The van der Waals surface area contributed by atoms with Gasteiger partial charge in [0.15, 0.2) is 0 Å². The van der Waals surface area contributed by atoms with E-state index in [4.69, 9.17) is 15.2 Å². The van der Waals surface area contributed by atoms with E-state index in [9.17, 15) is 4.79 Å². The lowest BCUT2D eigenvalue weighted by Gasteiger charge is -2.32. The second-order valence-corrected chi connectivity index (χ2v) is 10.2. The van der Waals surface area contributed by atoms with E-state index < -0.39 is 0 Å². The molecule has 0 amide bonds. The van der Waals surface area contributed by atoms with Crippen molar-refractivity contribution in [2.75, 3.05) is 59.2 Å². The van der Waals surface area contributed by atoms with Gasteiger partial charge in [0, 0.05) is 44.5 Å². The number of ether oxygens (including phenoxy) is 2. The number of carbonyl (C=O) groups excluding carboxylic acids is 1. The van der Waals surface area contributed by atoms with Crippen LogP contribution in [-0.2, 0) is 28.9 Å². The summed E-state index contributed by atoms with van der Waals surface area (Å²) in [6.45, 7) is 8.17. The molecule has 0 saturated carbocycles. The number of hydrogen-bond donors (Lipinski definition) is 1. The topological polar surface area (TPSA) is 98.7 Å². The molecule has 1 aliphatic rings. The summed E-state index contributed by atoms with van der Waals surface area (Å²) in [6.07, 6.45) is 7.80. The Balaban J connectivity index is 1.39. The van der Waals surface area contributed by atoms with Gasteiger partial charge in [0.1, 0.15) is 12.4 Å². The molecule has 9 nitrogen and oxygen atoms in total. The summed E-state index contributed by atoms with van der Waals surface area (Å²) in [5.74, 6) is 0.848. The summed E-state index contributed by atoms with van der Waals surface area (Å²) in [7, 11) is 3.79. The molecule has 0 bridgehead atoms. The minimum absolute atomic E-state index is 0.215. The van der Waals surface area contributed by atoms with Gasteiger partial charge in [0.05, 0.1) is 36.8 Å². The third kappa shape index (κ3) is 7.45. The Hall–Kier alpha value is -3.17. The van der Waals surface area contributed by atoms with Crippen LogP contribution in [0.4, 0.5) is 5.95 Å². The Kier molecular flexibility index (Phi) is 9.95. The SMILES string of the molecule is CCCCCCc1nc(N)nc2ccn(Cc3ccc(CC(=O)OCCN4CCN(C)CC4)cc3OC)c12. The number of aryl methyl sites for hydroxylation is 1. The molecule has 0 aliphatic carbocycles. The number of anilines is 1. The summed E-state index contributed by atoms with van der Waals surface area (Å²) in [5.41, 5.74) is 10.8. The van der Waals surface area contributed by atoms with Gasteiger partial charge >= 0.3 is 5.97 Å². The van der Waals surface area contributed by atoms with E-state index in [-0.39, 0.29) is 12.4 Å². The lowest BCUT2D eigenvalue weighted by atomic mass is 10.1. The summed E-state index contributed by atoms with van der Waals surface area (Å²) >= 11 is 0. The number of unbranched alkanes of at least 4 members (excludes halogenated alkanes) is 3. The van der Waals surface area contributed by atoms with Crippen molar-refractivity contribution in [2.24, 2.45) is 0 Å². The van der Waals surface area contributed by atoms with E-state index in [1.807, 2.05) is 30.5 Å². The Bertz CT molecular complexity index is 1200. The average Bonchev–Trinajstić information content (AvgIpc) is 3.30. The summed E-state index contributed by atoms with van der Waals surface area (Å²) in [4.78, 5) is 26.1. The first kappa shape index (κ1) is 27.9. The monoisotopic (exact) mass is 522 g/mol. The van der Waals surface area contributed by atoms with E-state index in [0.29, 0.717) is 19.1 Å². The van der Waals surface area contributed by atoms with Crippen molar-refractivity contribution in [3.63, 3.8) is 0 Å². The zero-order chi connectivity index (χ0) is 26.9. The number of fused-ring (bicyclic) bond motifs is 1. The number of hydrogen-bond acceptors (Lipinski definition) is 8. The van der Waals surface area contributed by atoms with Crippen LogP contribution in [-0.4, -0.2) is 83.8 Å². The summed E-state index contributed by atoms with van der Waals surface area (Å²) in [6, 6.07) is 7.92. The number of nitrogens with zero attached hydrogens (tertiary/aromatic N) is 5. The predicted molar refractivity (Wildman–Crippen MR) is 150 cm³/mol. The third-order valence-corrected chi connectivity index (χ3v) is 7.27. The molecule has 3 aromatic rings. The molecule has 206 valence electrons. The predicted octanol–water partition coefficient (Wildman–Crippen LogP) is 3.53. The molecule has 0 atom stereocenters. The fourth-order valence-electron chi connectivity index (χ4n) is 5.02. The van der Waals surface area contributed by atoms with Gasteiger partial charge in [0.2, 0.25) is 5.95 Å². The van der Waals surface area contributed by atoms with Gasteiger partial charge in [-0.1, -0.05) is 38.3 Å². The maximum atomic E-state index is 12.5. The first-order chi connectivity index (χ1) is 18.5. The zero-order valence-corrected chi connectivity index (χ0v) is 23.1. The van der Waals surface area contributed by atoms with Gasteiger partial charge in [0.25, 0.3) is 0 Å². The second-order valence-electron chi connectivity index (χ2n) is 10.2. The Morgan fingerprint density at radius 1 is 1.08 bits per heavy atom. The van der Waals surface area contributed by atoms with Crippen molar-refractivity contribution in [1.29, 1.82) is 0 Å². The van der Waals surface area contributed by atoms with Crippen LogP contribution in [0.25, 0.3) is 11.0 Å². The normalized spacial score (nSPS) is 14.7. The number of carbonyl (C=O) groups is 1. The minimum atomic E-state index is -0.215. The van der Waals surface area contributed by atoms with E-state index in [0.717, 1.165) is 79.2 Å². The highest BCUT2D eigenvalue weighted by Crippen LogP contribution is 2.26. The number of esters is 1. The Morgan fingerprint density at radius 2 is 1.89 bits per heavy atom. The average molecular weight is 523 g/mol. The van der Waals surface area contributed by atoms with Crippen molar-refractivity contribution in [1.82, 2.24) is 24.3 Å². The van der Waals surface area contributed by atoms with E-state index in [2.05, 4.69) is 38.3 Å². The van der Waals surface area contributed by atoms with Crippen molar-refractivity contribution in [3.05, 3.63) is 47.3 Å². The van der Waals surface area contributed by atoms with Crippen LogP contribution in [0.15, 0.2) is 30.5 Å². The lowest BCUT2D eigenvalue weighted by Crippen LogP contribution is -2.45. The third-order valence-electron chi connectivity index (χ3n) is 7.27.